The van der Waals surface area contributed by atoms with E-state index in [2.05, 4.69) is 91.5 Å². The number of nitrogens with one attached hydrogen (secondary N) is 2. The molecule has 4 aromatic rings. The molecule has 0 aliphatic heterocycles. The summed E-state index contributed by atoms with van der Waals surface area (Å²) in [6.45, 7) is 7.25. The summed E-state index contributed by atoms with van der Waals surface area (Å²) in [4.78, 5) is 7.38. The van der Waals surface area contributed by atoms with Crippen molar-refractivity contribution in [2.24, 2.45) is 11.3 Å². The topological polar surface area (TPSA) is 31.6 Å². The normalized spacial score (nSPS) is 25.7. The molecule has 2 aliphatic rings. The average Bonchev–Trinajstić information content (AvgIpc) is 3.32. The van der Waals surface area contributed by atoms with Gasteiger partial charge in [0, 0.05) is 45.5 Å². The highest BCUT2D eigenvalue weighted by Gasteiger charge is 2.51. The lowest BCUT2D eigenvalue weighted by Gasteiger charge is -2.43. The summed E-state index contributed by atoms with van der Waals surface area (Å²) in [5, 5.41) is 2.76. The lowest BCUT2D eigenvalue weighted by atomic mass is 9.61. The third-order valence-electron chi connectivity index (χ3n) is 7.22. The Morgan fingerprint density at radius 2 is 1.64 bits per heavy atom. The van der Waals surface area contributed by atoms with Crippen LogP contribution in [0.1, 0.15) is 55.8 Å². The zero-order chi connectivity index (χ0) is 19.0. The quantitative estimate of drug-likeness (QED) is 0.344. The van der Waals surface area contributed by atoms with Crippen molar-refractivity contribution in [3.8, 4) is 0 Å². The van der Waals surface area contributed by atoms with Gasteiger partial charge in [-0.05, 0) is 47.9 Å². The van der Waals surface area contributed by atoms with E-state index < -0.39 is 0 Å². The van der Waals surface area contributed by atoms with Crippen LogP contribution >= 0.6 is 0 Å². The number of fused-ring (bicyclic) bond motifs is 6. The zero-order valence-electron chi connectivity index (χ0n) is 16.7. The molecule has 0 amide bonds. The highest BCUT2D eigenvalue weighted by molar-refractivity contribution is 5.89. The van der Waals surface area contributed by atoms with Gasteiger partial charge in [-0.3, -0.25) is 0 Å². The van der Waals surface area contributed by atoms with Gasteiger partial charge in [0.2, 0.25) is 0 Å². The van der Waals surface area contributed by atoms with Crippen molar-refractivity contribution in [1.29, 1.82) is 0 Å². The van der Waals surface area contributed by atoms with Gasteiger partial charge in [0.1, 0.15) is 0 Å². The van der Waals surface area contributed by atoms with Gasteiger partial charge in [-0.15, -0.1) is 0 Å². The molecule has 6 rings (SSSR count). The summed E-state index contributed by atoms with van der Waals surface area (Å²) in [6, 6.07) is 17.6. The Bertz CT molecular complexity index is 1250. The Kier molecular flexibility index (Phi) is 3.14. The fourth-order valence-electron chi connectivity index (χ4n) is 6.38. The summed E-state index contributed by atoms with van der Waals surface area (Å²) >= 11 is 0. The number of hydrogen-bond acceptors (Lipinski definition) is 0. The molecule has 0 fully saturated rings. The highest BCUT2D eigenvalue weighted by atomic mass is 14.8. The number of hydrogen-bond donors (Lipinski definition) is 2. The fourth-order valence-corrected chi connectivity index (χ4v) is 6.38. The first-order chi connectivity index (χ1) is 13.5. The molecule has 2 aromatic heterocycles. The SMILES string of the molecule is CC1=C[C@@H]2c3c([nH]c4ccccc34)[C@@H](c3c[nH]c4ccccc34)[C@@H]2C(C)(C)C1. The van der Waals surface area contributed by atoms with Crippen LogP contribution in [-0.4, -0.2) is 9.97 Å². The van der Waals surface area contributed by atoms with Gasteiger partial charge >= 0.3 is 0 Å². The summed E-state index contributed by atoms with van der Waals surface area (Å²) in [6.07, 6.45) is 5.99. The molecule has 3 atom stereocenters. The van der Waals surface area contributed by atoms with Crippen molar-refractivity contribution in [3.63, 3.8) is 0 Å². The van der Waals surface area contributed by atoms with E-state index >= 15 is 0 Å². The Balaban J connectivity index is 1.68. The number of para-hydroxylation sites is 2. The van der Waals surface area contributed by atoms with Crippen LogP contribution in [0.2, 0.25) is 0 Å². The molecule has 140 valence electrons. The summed E-state index contributed by atoms with van der Waals surface area (Å²) in [7, 11) is 0. The first-order valence-electron chi connectivity index (χ1n) is 10.4. The van der Waals surface area contributed by atoms with Gasteiger partial charge in [-0.25, -0.2) is 0 Å². The Morgan fingerprint density at radius 1 is 0.929 bits per heavy atom. The minimum atomic E-state index is 0.257. The van der Waals surface area contributed by atoms with Crippen LogP contribution in [0.15, 0.2) is 66.4 Å². The van der Waals surface area contributed by atoms with E-state index in [1.165, 1.54) is 50.6 Å². The molecule has 2 nitrogen and oxygen atoms in total. The molecule has 2 N–H and O–H groups in total. The van der Waals surface area contributed by atoms with Gasteiger partial charge in [0.05, 0.1) is 0 Å². The predicted molar refractivity (Wildman–Crippen MR) is 117 cm³/mol. The molecule has 0 unspecified atom stereocenters. The molecule has 2 heteroatoms. The summed E-state index contributed by atoms with van der Waals surface area (Å²) < 4.78 is 0. The predicted octanol–water partition coefficient (Wildman–Crippen LogP) is 6.87. The maximum Gasteiger partial charge on any atom is 0.0459 e. The smallest absolute Gasteiger partial charge is 0.0459 e. The molecular weight excluding hydrogens is 340 g/mol. The molecule has 0 saturated carbocycles. The first-order valence-corrected chi connectivity index (χ1v) is 10.4. The average molecular weight is 367 g/mol. The van der Waals surface area contributed by atoms with Gasteiger partial charge < -0.3 is 9.97 Å². The second-order valence-corrected chi connectivity index (χ2v) is 9.50. The van der Waals surface area contributed by atoms with Crippen LogP contribution in [0, 0.1) is 11.3 Å². The molecule has 0 radical (unpaired) electrons. The third-order valence-corrected chi connectivity index (χ3v) is 7.22. The Labute approximate surface area is 165 Å². The molecular formula is C26H26N2. The van der Waals surface area contributed by atoms with Crippen molar-refractivity contribution in [2.45, 2.75) is 39.0 Å². The number of aromatic nitrogens is 2. The number of rotatable bonds is 1. The van der Waals surface area contributed by atoms with E-state index in [1.54, 1.807) is 0 Å². The third kappa shape index (κ3) is 2.03. The molecule has 2 heterocycles. The van der Waals surface area contributed by atoms with E-state index in [0.717, 1.165) is 0 Å². The lowest BCUT2D eigenvalue weighted by molar-refractivity contribution is 0.173. The van der Waals surface area contributed by atoms with Crippen LogP contribution in [0.25, 0.3) is 21.8 Å². The van der Waals surface area contributed by atoms with E-state index in [9.17, 15) is 0 Å². The molecule has 0 bridgehead atoms. The van der Waals surface area contributed by atoms with Crippen LogP contribution in [0.5, 0.6) is 0 Å². The number of aromatic amines is 2. The highest BCUT2D eigenvalue weighted by Crippen LogP contribution is 2.62. The zero-order valence-corrected chi connectivity index (χ0v) is 16.7. The van der Waals surface area contributed by atoms with Crippen molar-refractivity contribution < 1.29 is 0 Å². The van der Waals surface area contributed by atoms with Crippen molar-refractivity contribution in [3.05, 3.63) is 83.2 Å². The van der Waals surface area contributed by atoms with Gasteiger partial charge in [0.15, 0.2) is 0 Å². The molecule has 0 spiro atoms. The summed E-state index contributed by atoms with van der Waals surface area (Å²) in [5.74, 6) is 1.44. The van der Waals surface area contributed by atoms with Gasteiger partial charge in [-0.1, -0.05) is 61.9 Å². The van der Waals surface area contributed by atoms with E-state index in [0.29, 0.717) is 17.8 Å². The lowest BCUT2D eigenvalue weighted by Crippen LogP contribution is -2.33. The largest absolute Gasteiger partial charge is 0.361 e. The van der Waals surface area contributed by atoms with Gasteiger partial charge in [0.25, 0.3) is 0 Å². The minimum absolute atomic E-state index is 0.257. The van der Waals surface area contributed by atoms with Crippen LogP contribution in [0.4, 0.5) is 0 Å². The number of allylic oxidation sites excluding steroid dienone is 2. The van der Waals surface area contributed by atoms with Crippen molar-refractivity contribution in [2.75, 3.05) is 0 Å². The maximum absolute atomic E-state index is 3.84. The monoisotopic (exact) mass is 366 g/mol. The van der Waals surface area contributed by atoms with Crippen molar-refractivity contribution >= 4 is 21.8 Å². The molecule has 2 aliphatic carbocycles. The second-order valence-electron chi connectivity index (χ2n) is 9.50. The summed E-state index contributed by atoms with van der Waals surface area (Å²) in [5.41, 5.74) is 8.69. The first kappa shape index (κ1) is 16.2. The van der Waals surface area contributed by atoms with Gasteiger partial charge in [-0.2, -0.15) is 0 Å². The Morgan fingerprint density at radius 3 is 2.46 bits per heavy atom. The number of H-pyrrole nitrogens is 2. The van der Waals surface area contributed by atoms with Crippen LogP contribution in [0.3, 0.4) is 0 Å². The molecule has 0 saturated heterocycles. The van der Waals surface area contributed by atoms with Crippen molar-refractivity contribution in [1.82, 2.24) is 9.97 Å². The van der Waals surface area contributed by atoms with E-state index in [-0.39, 0.29) is 5.41 Å². The number of benzene rings is 2. The van der Waals surface area contributed by atoms with Crippen LogP contribution < -0.4 is 0 Å². The van der Waals surface area contributed by atoms with Crippen LogP contribution in [-0.2, 0) is 0 Å². The second kappa shape index (κ2) is 5.41. The van der Waals surface area contributed by atoms with E-state index in [1.807, 2.05) is 0 Å². The minimum Gasteiger partial charge on any atom is -0.361 e. The Hall–Kier alpha value is -2.74. The maximum atomic E-state index is 3.84. The molecule has 2 aromatic carbocycles. The fraction of sp³-hybridized carbons (Fsp3) is 0.308. The standard InChI is InChI=1S/C26H26N2/c1-15-12-18-22-17-9-5-7-11-21(17)28-25(22)23(24(18)26(2,3)13-15)19-14-27-20-10-6-4-8-16(19)20/h4-12,14,18,23-24,27-28H,13H2,1-3H3/t18-,23+,24-/m1/s1. The van der Waals surface area contributed by atoms with E-state index in [4.69, 9.17) is 0 Å². The molecule has 28 heavy (non-hydrogen) atoms.